The third kappa shape index (κ3) is 2.76. The molecule has 3 rings (SSSR count). The first-order valence-electron chi connectivity index (χ1n) is 7.59. The van der Waals surface area contributed by atoms with E-state index in [0.29, 0.717) is 0 Å². The fourth-order valence-electron chi connectivity index (χ4n) is 3.26. The van der Waals surface area contributed by atoms with Gasteiger partial charge in [-0.15, -0.1) is 0 Å². The maximum atomic E-state index is 11.9. The molecule has 1 aromatic rings. The van der Waals surface area contributed by atoms with Crippen molar-refractivity contribution in [1.29, 1.82) is 0 Å². The lowest BCUT2D eigenvalue weighted by Crippen LogP contribution is -2.28. The van der Waals surface area contributed by atoms with Gasteiger partial charge < -0.3 is 20.6 Å². The topological polar surface area (TPSA) is 64.6 Å². The molecule has 1 amide bonds. The molecule has 2 unspecified atom stereocenters. The summed E-state index contributed by atoms with van der Waals surface area (Å²) in [7, 11) is 1.80. The number of rotatable bonds is 2. The number of carbonyl (C=O) groups excluding carboxylic acids is 1. The summed E-state index contributed by atoms with van der Waals surface area (Å²) in [4.78, 5) is 14.2. The lowest BCUT2D eigenvalue weighted by atomic mass is 9.98. The minimum Gasteiger partial charge on any atom is -0.390 e. The molecular weight excluding hydrogens is 266 g/mol. The molecular formula is C16H23N3O2. The van der Waals surface area contributed by atoms with Gasteiger partial charge in [0.15, 0.2) is 0 Å². The van der Waals surface area contributed by atoms with Gasteiger partial charge in [0.05, 0.1) is 5.60 Å². The minimum atomic E-state index is -0.559. The molecule has 2 atom stereocenters. The Hall–Kier alpha value is -1.59. The van der Waals surface area contributed by atoms with E-state index in [-0.39, 0.29) is 11.9 Å². The number of hydrogen-bond donors (Lipinski definition) is 3. The van der Waals surface area contributed by atoms with Crippen LogP contribution in [0.1, 0.15) is 37.8 Å². The zero-order chi connectivity index (χ0) is 15.0. The van der Waals surface area contributed by atoms with E-state index >= 15 is 0 Å². The Labute approximate surface area is 125 Å². The maximum Gasteiger partial charge on any atom is 0.246 e. The van der Waals surface area contributed by atoms with Crippen LogP contribution >= 0.6 is 0 Å². The van der Waals surface area contributed by atoms with Crippen molar-refractivity contribution in [3.8, 4) is 0 Å². The summed E-state index contributed by atoms with van der Waals surface area (Å²) in [5, 5.41) is 16.1. The molecule has 2 heterocycles. The highest BCUT2D eigenvalue weighted by atomic mass is 16.3. The lowest BCUT2D eigenvalue weighted by Gasteiger charge is -2.24. The van der Waals surface area contributed by atoms with Crippen molar-refractivity contribution in [2.24, 2.45) is 0 Å². The molecule has 1 saturated heterocycles. The third-order valence-electron chi connectivity index (χ3n) is 4.59. The van der Waals surface area contributed by atoms with Crippen LogP contribution in [-0.2, 0) is 4.79 Å². The van der Waals surface area contributed by atoms with Gasteiger partial charge in [-0.3, -0.25) is 4.79 Å². The van der Waals surface area contributed by atoms with E-state index in [0.717, 1.165) is 49.3 Å². The van der Waals surface area contributed by atoms with Crippen LogP contribution in [0, 0.1) is 0 Å². The molecule has 5 heteroatoms. The van der Waals surface area contributed by atoms with E-state index < -0.39 is 5.60 Å². The number of hydrogen-bond acceptors (Lipinski definition) is 4. The van der Waals surface area contributed by atoms with Gasteiger partial charge in [-0.25, -0.2) is 0 Å². The van der Waals surface area contributed by atoms with Crippen LogP contribution in [0.3, 0.4) is 0 Å². The quantitative estimate of drug-likeness (QED) is 0.774. The molecule has 0 saturated carbocycles. The summed E-state index contributed by atoms with van der Waals surface area (Å²) in [5.74, 6) is 0.00319. The molecule has 21 heavy (non-hydrogen) atoms. The second kappa shape index (κ2) is 5.31. The van der Waals surface area contributed by atoms with Gasteiger partial charge in [0.1, 0.15) is 6.04 Å². The minimum absolute atomic E-state index is 0.00319. The SMILES string of the molecule is CNC1C(=O)Nc2cc(N3CCCC(C)(O)CC3)ccc21. The van der Waals surface area contributed by atoms with Crippen molar-refractivity contribution < 1.29 is 9.90 Å². The van der Waals surface area contributed by atoms with E-state index in [1.807, 2.05) is 19.1 Å². The van der Waals surface area contributed by atoms with Crippen LogP contribution in [0.15, 0.2) is 18.2 Å². The zero-order valence-electron chi connectivity index (χ0n) is 12.6. The largest absolute Gasteiger partial charge is 0.390 e. The number of benzene rings is 1. The van der Waals surface area contributed by atoms with Gasteiger partial charge in [-0.1, -0.05) is 6.07 Å². The average molecular weight is 289 g/mol. The first-order valence-corrected chi connectivity index (χ1v) is 7.59. The number of carbonyl (C=O) groups is 1. The van der Waals surface area contributed by atoms with Gasteiger partial charge in [0.2, 0.25) is 5.91 Å². The summed E-state index contributed by atoms with van der Waals surface area (Å²) in [6.45, 7) is 3.70. The van der Waals surface area contributed by atoms with Crippen molar-refractivity contribution in [3.63, 3.8) is 0 Å². The number of amides is 1. The van der Waals surface area contributed by atoms with Crippen LogP contribution in [0.2, 0.25) is 0 Å². The van der Waals surface area contributed by atoms with Crippen LogP contribution in [0.5, 0.6) is 0 Å². The highest BCUT2D eigenvalue weighted by Gasteiger charge is 2.30. The standard InChI is InChI=1S/C16H23N3O2/c1-16(21)6-3-8-19(9-7-16)11-4-5-12-13(10-11)18-15(20)14(12)17-2/h4-5,10,14,17,21H,3,6-9H2,1-2H3,(H,18,20). The zero-order valence-corrected chi connectivity index (χ0v) is 12.6. The molecule has 5 nitrogen and oxygen atoms in total. The highest BCUT2D eigenvalue weighted by Crippen LogP contribution is 2.35. The smallest absolute Gasteiger partial charge is 0.246 e. The molecule has 0 spiro atoms. The number of anilines is 2. The molecule has 0 bridgehead atoms. The summed E-state index contributed by atoms with van der Waals surface area (Å²) in [6, 6.07) is 5.89. The highest BCUT2D eigenvalue weighted by molar-refractivity contribution is 6.03. The third-order valence-corrected chi connectivity index (χ3v) is 4.59. The fraction of sp³-hybridized carbons (Fsp3) is 0.562. The van der Waals surface area contributed by atoms with Crippen molar-refractivity contribution >= 4 is 17.3 Å². The van der Waals surface area contributed by atoms with Crippen LogP contribution in [0.4, 0.5) is 11.4 Å². The Morgan fingerprint density at radius 3 is 2.95 bits per heavy atom. The van der Waals surface area contributed by atoms with Crippen LogP contribution in [0.25, 0.3) is 0 Å². The van der Waals surface area contributed by atoms with E-state index in [2.05, 4.69) is 21.6 Å². The van der Waals surface area contributed by atoms with Crippen molar-refractivity contribution in [2.45, 2.75) is 37.8 Å². The van der Waals surface area contributed by atoms with Gasteiger partial charge in [-0.2, -0.15) is 0 Å². The number of fused-ring (bicyclic) bond motifs is 1. The van der Waals surface area contributed by atoms with Gasteiger partial charge in [-0.05, 0) is 45.4 Å². The Kier molecular flexibility index (Phi) is 3.63. The van der Waals surface area contributed by atoms with Crippen LogP contribution < -0.4 is 15.5 Å². The summed E-state index contributed by atoms with van der Waals surface area (Å²) in [5.41, 5.74) is 2.46. The Morgan fingerprint density at radius 1 is 1.38 bits per heavy atom. The molecule has 3 N–H and O–H groups in total. The molecule has 1 fully saturated rings. The van der Waals surface area contributed by atoms with Crippen molar-refractivity contribution in [1.82, 2.24) is 5.32 Å². The lowest BCUT2D eigenvalue weighted by molar-refractivity contribution is -0.117. The van der Waals surface area contributed by atoms with Crippen LogP contribution in [-0.4, -0.2) is 36.8 Å². The molecule has 1 aromatic carbocycles. The van der Waals surface area contributed by atoms with E-state index in [1.165, 1.54) is 0 Å². The number of nitrogens with one attached hydrogen (secondary N) is 2. The number of nitrogens with zero attached hydrogens (tertiary/aromatic N) is 1. The number of likely N-dealkylation sites (N-methyl/N-ethyl adjacent to an activating group) is 1. The predicted molar refractivity (Wildman–Crippen MR) is 83.6 cm³/mol. The molecule has 0 aromatic heterocycles. The predicted octanol–water partition coefficient (Wildman–Crippen LogP) is 1.64. The molecule has 2 aliphatic heterocycles. The van der Waals surface area contributed by atoms with Gasteiger partial charge >= 0.3 is 0 Å². The Balaban J connectivity index is 1.82. The Bertz CT molecular complexity index is 556. The summed E-state index contributed by atoms with van der Waals surface area (Å²) >= 11 is 0. The molecule has 0 aliphatic carbocycles. The monoisotopic (exact) mass is 289 g/mol. The summed E-state index contributed by atoms with van der Waals surface area (Å²) < 4.78 is 0. The average Bonchev–Trinajstić information content (AvgIpc) is 2.64. The molecule has 2 aliphatic rings. The van der Waals surface area contributed by atoms with Gasteiger partial charge in [0, 0.05) is 30.0 Å². The molecule has 114 valence electrons. The first kappa shape index (κ1) is 14.4. The van der Waals surface area contributed by atoms with Gasteiger partial charge in [0.25, 0.3) is 0 Å². The summed E-state index contributed by atoms with van der Waals surface area (Å²) in [6.07, 6.45) is 2.60. The maximum absolute atomic E-state index is 11.9. The van der Waals surface area contributed by atoms with Crippen molar-refractivity contribution in [2.75, 3.05) is 30.4 Å². The first-order chi connectivity index (χ1) is 10.00. The fourth-order valence-corrected chi connectivity index (χ4v) is 3.26. The second-order valence-corrected chi connectivity index (χ2v) is 6.32. The van der Waals surface area contributed by atoms with E-state index in [1.54, 1.807) is 7.05 Å². The molecule has 0 radical (unpaired) electrons. The number of aliphatic hydroxyl groups is 1. The Morgan fingerprint density at radius 2 is 2.19 bits per heavy atom. The van der Waals surface area contributed by atoms with E-state index in [9.17, 15) is 9.90 Å². The van der Waals surface area contributed by atoms with Crippen molar-refractivity contribution in [3.05, 3.63) is 23.8 Å². The van der Waals surface area contributed by atoms with E-state index in [4.69, 9.17) is 0 Å². The normalized spacial score (nSPS) is 29.0. The second-order valence-electron chi connectivity index (χ2n) is 6.32.